The highest BCUT2D eigenvalue weighted by Gasteiger charge is 2.18. The fourth-order valence-electron chi connectivity index (χ4n) is 3.83. The number of hydrogen-bond donors (Lipinski definition) is 1. The molecule has 1 N–H and O–H groups in total. The summed E-state index contributed by atoms with van der Waals surface area (Å²) in [5.74, 6) is 1.34. The van der Waals surface area contributed by atoms with Gasteiger partial charge in [0.05, 0.1) is 16.1 Å². The number of fused-ring (bicyclic) bond motifs is 1. The van der Waals surface area contributed by atoms with E-state index in [9.17, 15) is 13.2 Å². The van der Waals surface area contributed by atoms with Crippen molar-refractivity contribution >= 4 is 26.8 Å². The van der Waals surface area contributed by atoms with Gasteiger partial charge in [-0.3, -0.25) is 9.29 Å². The minimum atomic E-state index is -3.91. The SMILES string of the molecule is Cc1nc(Oc2ccc(NS(=O)(=O)c3ccc4oc(=O)n(C)c4c3)cc2)cc(-n2nc(C)c(C)c2C)n1. The summed E-state index contributed by atoms with van der Waals surface area (Å²) in [6.45, 7) is 7.69. The molecule has 0 radical (unpaired) electrons. The van der Waals surface area contributed by atoms with Crippen molar-refractivity contribution < 1.29 is 17.6 Å². The fraction of sp³-hybridized carbons (Fsp3) is 0.200. The average Bonchev–Trinajstić information content (AvgIpc) is 3.28. The molecule has 190 valence electrons. The Morgan fingerprint density at radius 3 is 2.38 bits per heavy atom. The molecule has 0 spiro atoms. The van der Waals surface area contributed by atoms with Gasteiger partial charge in [-0.1, -0.05) is 0 Å². The van der Waals surface area contributed by atoms with Gasteiger partial charge in [0.1, 0.15) is 11.6 Å². The van der Waals surface area contributed by atoms with Crippen LogP contribution in [0.4, 0.5) is 5.69 Å². The summed E-state index contributed by atoms with van der Waals surface area (Å²) in [5.41, 5.74) is 4.02. The number of nitrogens with zero attached hydrogens (tertiary/aromatic N) is 5. The van der Waals surface area contributed by atoms with Gasteiger partial charge in [-0.2, -0.15) is 10.1 Å². The van der Waals surface area contributed by atoms with Crippen molar-refractivity contribution in [2.24, 2.45) is 7.05 Å². The number of ether oxygens (including phenoxy) is 1. The Hall–Kier alpha value is -4.45. The van der Waals surface area contributed by atoms with Gasteiger partial charge < -0.3 is 9.15 Å². The van der Waals surface area contributed by atoms with Crippen molar-refractivity contribution in [1.82, 2.24) is 24.3 Å². The summed E-state index contributed by atoms with van der Waals surface area (Å²) in [5, 5.41) is 4.55. The first-order valence-corrected chi connectivity index (χ1v) is 12.8. The second kappa shape index (κ2) is 8.89. The Kier molecular flexibility index (Phi) is 5.83. The lowest BCUT2D eigenvalue weighted by atomic mass is 10.2. The quantitative estimate of drug-likeness (QED) is 0.356. The van der Waals surface area contributed by atoms with Crippen LogP contribution in [0.25, 0.3) is 16.9 Å². The maximum Gasteiger partial charge on any atom is 0.419 e. The van der Waals surface area contributed by atoms with Crippen LogP contribution >= 0.6 is 0 Å². The van der Waals surface area contributed by atoms with E-state index in [-0.39, 0.29) is 4.90 Å². The molecule has 0 aliphatic carbocycles. The zero-order valence-electron chi connectivity index (χ0n) is 20.8. The molecular formula is C25H24N6O5S. The normalized spacial score (nSPS) is 11.7. The Labute approximate surface area is 212 Å². The lowest BCUT2D eigenvalue weighted by molar-refractivity contribution is 0.459. The molecule has 0 saturated heterocycles. The topological polar surface area (TPSA) is 134 Å². The molecule has 11 nitrogen and oxygen atoms in total. The van der Waals surface area contributed by atoms with Crippen LogP contribution in [-0.4, -0.2) is 32.7 Å². The fourth-order valence-corrected chi connectivity index (χ4v) is 4.91. The Balaban J connectivity index is 1.36. The molecule has 0 aliphatic rings. The van der Waals surface area contributed by atoms with E-state index in [0.29, 0.717) is 40.1 Å². The van der Waals surface area contributed by atoms with Gasteiger partial charge >= 0.3 is 5.76 Å². The molecule has 5 aromatic rings. The number of anilines is 1. The van der Waals surface area contributed by atoms with Gasteiger partial charge in [0, 0.05) is 24.5 Å². The summed E-state index contributed by atoms with van der Waals surface area (Å²) in [4.78, 5) is 20.5. The first kappa shape index (κ1) is 24.3. The van der Waals surface area contributed by atoms with Gasteiger partial charge in [-0.15, -0.1) is 0 Å². The Bertz CT molecular complexity index is 1820. The molecule has 3 heterocycles. The predicted octanol–water partition coefficient (Wildman–Crippen LogP) is 3.93. The molecule has 0 bridgehead atoms. The van der Waals surface area contributed by atoms with Gasteiger partial charge in [0.15, 0.2) is 11.4 Å². The molecule has 0 atom stereocenters. The predicted molar refractivity (Wildman–Crippen MR) is 137 cm³/mol. The van der Waals surface area contributed by atoms with E-state index in [1.807, 2.05) is 20.8 Å². The summed E-state index contributed by atoms with van der Waals surface area (Å²) < 4.78 is 42.3. The van der Waals surface area contributed by atoms with Gasteiger partial charge in [-0.25, -0.2) is 22.9 Å². The third-order valence-corrected chi connectivity index (χ3v) is 7.45. The number of sulfonamides is 1. The van der Waals surface area contributed by atoms with Crippen LogP contribution in [0.2, 0.25) is 0 Å². The molecule has 0 amide bonds. The van der Waals surface area contributed by atoms with Crippen molar-refractivity contribution in [3.05, 3.63) is 81.9 Å². The van der Waals surface area contributed by atoms with E-state index in [1.54, 1.807) is 41.9 Å². The zero-order valence-corrected chi connectivity index (χ0v) is 21.6. The van der Waals surface area contributed by atoms with Crippen LogP contribution in [0.3, 0.4) is 0 Å². The summed E-state index contributed by atoms with van der Waals surface area (Å²) in [6, 6.07) is 12.3. The minimum Gasteiger partial charge on any atom is -0.439 e. The summed E-state index contributed by atoms with van der Waals surface area (Å²) in [6.07, 6.45) is 0. The number of nitrogens with one attached hydrogen (secondary N) is 1. The Morgan fingerprint density at radius 2 is 1.70 bits per heavy atom. The number of hydrogen-bond acceptors (Lipinski definition) is 8. The van der Waals surface area contributed by atoms with Crippen LogP contribution in [-0.2, 0) is 17.1 Å². The van der Waals surface area contributed by atoms with E-state index in [0.717, 1.165) is 17.0 Å². The third kappa shape index (κ3) is 4.58. The van der Waals surface area contributed by atoms with Gasteiger partial charge in [-0.05, 0) is 75.7 Å². The smallest absolute Gasteiger partial charge is 0.419 e. The highest BCUT2D eigenvalue weighted by Crippen LogP contribution is 2.26. The molecule has 0 saturated carbocycles. The molecule has 0 fully saturated rings. The van der Waals surface area contributed by atoms with Crippen molar-refractivity contribution in [3.63, 3.8) is 0 Å². The lowest BCUT2D eigenvalue weighted by Crippen LogP contribution is -2.13. The second-order valence-corrected chi connectivity index (χ2v) is 10.3. The van der Waals surface area contributed by atoms with E-state index in [4.69, 9.17) is 9.15 Å². The largest absolute Gasteiger partial charge is 0.439 e. The van der Waals surface area contributed by atoms with Crippen molar-refractivity contribution in [3.8, 4) is 17.4 Å². The third-order valence-electron chi connectivity index (χ3n) is 6.07. The molecule has 0 aliphatic heterocycles. The van der Waals surface area contributed by atoms with Crippen molar-refractivity contribution in [2.75, 3.05) is 4.72 Å². The molecule has 0 unspecified atom stereocenters. The van der Waals surface area contributed by atoms with Crippen LogP contribution in [0, 0.1) is 27.7 Å². The van der Waals surface area contributed by atoms with E-state index < -0.39 is 15.8 Å². The lowest BCUT2D eigenvalue weighted by Gasteiger charge is -2.11. The van der Waals surface area contributed by atoms with E-state index >= 15 is 0 Å². The highest BCUT2D eigenvalue weighted by molar-refractivity contribution is 7.92. The van der Waals surface area contributed by atoms with Crippen molar-refractivity contribution in [2.45, 2.75) is 32.6 Å². The van der Waals surface area contributed by atoms with E-state index in [1.165, 1.54) is 29.8 Å². The number of aryl methyl sites for hydroxylation is 3. The highest BCUT2D eigenvalue weighted by atomic mass is 32.2. The van der Waals surface area contributed by atoms with Crippen LogP contribution in [0.5, 0.6) is 11.6 Å². The number of rotatable bonds is 6. The number of aromatic nitrogens is 5. The summed E-state index contributed by atoms with van der Waals surface area (Å²) in [7, 11) is -2.40. The molecule has 12 heteroatoms. The Morgan fingerprint density at radius 1 is 0.973 bits per heavy atom. The van der Waals surface area contributed by atoms with Crippen molar-refractivity contribution in [1.29, 1.82) is 0 Å². The van der Waals surface area contributed by atoms with E-state index in [2.05, 4.69) is 19.8 Å². The summed E-state index contributed by atoms with van der Waals surface area (Å²) >= 11 is 0. The molecular weight excluding hydrogens is 496 g/mol. The molecule has 5 rings (SSSR count). The second-order valence-electron chi connectivity index (χ2n) is 8.61. The van der Waals surface area contributed by atoms with Gasteiger partial charge in [0.25, 0.3) is 10.0 Å². The first-order valence-electron chi connectivity index (χ1n) is 11.3. The maximum atomic E-state index is 12.9. The number of benzene rings is 2. The zero-order chi connectivity index (χ0) is 26.5. The average molecular weight is 521 g/mol. The monoisotopic (exact) mass is 520 g/mol. The first-order chi connectivity index (χ1) is 17.5. The van der Waals surface area contributed by atoms with Crippen LogP contribution in [0.15, 0.2) is 62.6 Å². The maximum absolute atomic E-state index is 12.9. The standard InChI is InChI=1S/C25H24N6O5S/c1-14-15(2)28-31(16(14)3)23-13-24(27-17(4)26-23)35-19-8-6-18(7-9-19)29-37(33,34)20-10-11-22-21(12-20)30(5)25(32)36-22/h6-13,29H,1-5H3. The van der Waals surface area contributed by atoms with Crippen LogP contribution in [0.1, 0.15) is 22.8 Å². The minimum absolute atomic E-state index is 0.0000973. The number of oxazole rings is 1. The van der Waals surface area contributed by atoms with Crippen LogP contribution < -0.4 is 15.2 Å². The molecule has 2 aromatic carbocycles. The molecule has 37 heavy (non-hydrogen) atoms. The molecule has 3 aromatic heterocycles. The van der Waals surface area contributed by atoms with Gasteiger partial charge in [0.2, 0.25) is 5.88 Å².